The van der Waals surface area contributed by atoms with Crippen LogP contribution in [0.4, 0.5) is 0 Å². The molecule has 4 N–H and O–H groups in total. The molecule has 5 nitrogen and oxygen atoms in total. The van der Waals surface area contributed by atoms with Crippen molar-refractivity contribution >= 4 is 12.2 Å². The number of ether oxygens (including phenoxy) is 1. The summed E-state index contributed by atoms with van der Waals surface area (Å²) in [6, 6.07) is 15.2. The van der Waals surface area contributed by atoms with E-state index in [1.165, 1.54) is 0 Å². The second-order valence-electron chi connectivity index (χ2n) is 7.00. The summed E-state index contributed by atoms with van der Waals surface area (Å²) in [5.74, 6) is 0. The SMILES string of the molecule is C=Cc1ccc(C(CC(O)CO)OC(CC(O)CO)c2ccc(C=C)cc2)cc1. The third kappa shape index (κ3) is 6.92. The largest absolute Gasteiger partial charge is 0.394 e. The van der Waals surface area contributed by atoms with Crippen LogP contribution in [0.1, 0.15) is 47.3 Å². The Kier molecular flexibility index (Phi) is 9.25. The molecule has 4 atom stereocenters. The smallest absolute Gasteiger partial charge is 0.0858 e. The molecule has 0 aliphatic heterocycles. The van der Waals surface area contributed by atoms with Crippen molar-refractivity contribution < 1.29 is 25.2 Å². The molecule has 0 radical (unpaired) electrons. The highest BCUT2D eigenvalue weighted by atomic mass is 16.5. The standard InChI is InChI=1S/C24H30O5/c1-3-17-5-9-19(10-6-17)23(13-21(27)15-25)29-24(14-22(28)16-26)20-11-7-18(4-2)8-12-20/h3-12,21-28H,1-2,13-16H2. The van der Waals surface area contributed by atoms with Gasteiger partial charge in [0.15, 0.2) is 0 Å². The van der Waals surface area contributed by atoms with Gasteiger partial charge in [-0.1, -0.05) is 73.8 Å². The maximum atomic E-state index is 10.0. The lowest BCUT2D eigenvalue weighted by atomic mass is 9.98. The number of aliphatic hydroxyl groups is 4. The molecule has 0 aromatic heterocycles. The highest BCUT2D eigenvalue weighted by Gasteiger charge is 2.24. The summed E-state index contributed by atoms with van der Waals surface area (Å²) in [6.07, 6.45) is 0.974. The van der Waals surface area contributed by atoms with Gasteiger partial charge in [0.1, 0.15) is 0 Å². The molecule has 0 aliphatic carbocycles. The first-order valence-corrected chi connectivity index (χ1v) is 9.68. The van der Waals surface area contributed by atoms with Crippen LogP contribution in [0.15, 0.2) is 61.7 Å². The molecule has 0 heterocycles. The van der Waals surface area contributed by atoms with E-state index in [1.807, 2.05) is 48.5 Å². The van der Waals surface area contributed by atoms with Crippen molar-refractivity contribution in [3.8, 4) is 0 Å². The van der Waals surface area contributed by atoms with Crippen molar-refractivity contribution in [1.82, 2.24) is 0 Å². The maximum absolute atomic E-state index is 10.0. The van der Waals surface area contributed by atoms with Crippen LogP contribution in [-0.4, -0.2) is 45.8 Å². The van der Waals surface area contributed by atoms with E-state index in [4.69, 9.17) is 4.74 Å². The number of benzene rings is 2. The molecule has 0 aliphatic rings. The molecular formula is C24H30O5. The summed E-state index contributed by atoms with van der Waals surface area (Å²) in [6.45, 7) is 6.75. The average Bonchev–Trinajstić information content (AvgIpc) is 2.77. The van der Waals surface area contributed by atoms with Gasteiger partial charge in [-0.15, -0.1) is 0 Å². The fourth-order valence-electron chi connectivity index (χ4n) is 3.08. The zero-order chi connectivity index (χ0) is 21.2. The van der Waals surface area contributed by atoms with Crippen molar-refractivity contribution in [1.29, 1.82) is 0 Å². The Morgan fingerprint density at radius 2 is 1.03 bits per heavy atom. The summed E-state index contributed by atoms with van der Waals surface area (Å²) in [5, 5.41) is 38.7. The minimum Gasteiger partial charge on any atom is -0.394 e. The van der Waals surface area contributed by atoms with Crippen molar-refractivity contribution in [2.75, 3.05) is 13.2 Å². The van der Waals surface area contributed by atoms with Gasteiger partial charge < -0.3 is 25.2 Å². The molecule has 0 fully saturated rings. The van der Waals surface area contributed by atoms with Crippen LogP contribution in [0.5, 0.6) is 0 Å². The third-order valence-electron chi connectivity index (χ3n) is 4.81. The zero-order valence-electron chi connectivity index (χ0n) is 16.5. The van der Waals surface area contributed by atoms with E-state index in [2.05, 4.69) is 13.2 Å². The summed E-state index contributed by atoms with van der Waals surface area (Å²) in [5.41, 5.74) is 3.61. The summed E-state index contributed by atoms with van der Waals surface area (Å²) >= 11 is 0. The Bertz CT molecular complexity index is 688. The van der Waals surface area contributed by atoms with E-state index in [-0.39, 0.29) is 26.1 Å². The van der Waals surface area contributed by atoms with Crippen molar-refractivity contribution in [3.05, 3.63) is 83.9 Å². The maximum Gasteiger partial charge on any atom is 0.0858 e. The van der Waals surface area contributed by atoms with Crippen LogP contribution in [0.25, 0.3) is 12.2 Å². The Labute approximate surface area is 172 Å². The molecular weight excluding hydrogens is 368 g/mol. The van der Waals surface area contributed by atoms with Crippen molar-refractivity contribution in [2.24, 2.45) is 0 Å². The fraction of sp³-hybridized carbons (Fsp3) is 0.333. The fourth-order valence-corrected chi connectivity index (χ4v) is 3.08. The van der Waals surface area contributed by atoms with Crippen molar-refractivity contribution in [3.63, 3.8) is 0 Å². The second kappa shape index (κ2) is 11.7. The zero-order valence-corrected chi connectivity index (χ0v) is 16.5. The van der Waals surface area contributed by atoms with Gasteiger partial charge in [-0.25, -0.2) is 0 Å². The molecule has 156 valence electrons. The summed E-state index contributed by atoms with van der Waals surface area (Å²) in [4.78, 5) is 0. The molecule has 0 bridgehead atoms. The highest BCUT2D eigenvalue weighted by molar-refractivity contribution is 5.48. The molecule has 0 amide bonds. The van der Waals surface area contributed by atoms with E-state index in [1.54, 1.807) is 12.2 Å². The van der Waals surface area contributed by atoms with E-state index in [0.717, 1.165) is 22.3 Å². The normalized spacial score (nSPS) is 15.3. The lowest BCUT2D eigenvalue weighted by Crippen LogP contribution is -2.23. The monoisotopic (exact) mass is 398 g/mol. The van der Waals surface area contributed by atoms with Gasteiger partial charge >= 0.3 is 0 Å². The van der Waals surface area contributed by atoms with Gasteiger partial charge in [0.05, 0.1) is 37.6 Å². The molecule has 0 saturated carbocycles. The number of aliphatic hydroxyl groups excluding tert-OH is 4. The van der Waals surface area contributed by atoms with Crippen LogP contribution in [-0.2, 0) is 4.74 Å². The van der Waals surface area contributed by atoms with Gasteiger partial charge in [-0.3, -0.25) is 0 Å². The molecule has 4 unspecified atom stereocenters. The minimum atomic E-state index is -0.939. The predicted molar refractivity (Wildman–Crippen MR) is 115 cm³/mol. The Balaban J connectivity index is 2.32. The molecule has 5 heteroatoms. The summed E-state index contributed by atoms with van der Waals surface area (Å²) < 4.78 is 6.32. The Hall–Kier alpha value is -2.28. The quantitative estimate of drug-likeness (QED) is 0.441. The molecule has 2 rings (SSSR count). The van der Waals surface area contributed by atoms with Gasteiger partial charge in [-0.05, 0) is 22.3 Å². The molecule has 0 spiro atoms. The molecule has 2 aromatic rings. The molecule has 29 heavy (non-hydrogen) atoms. The Morgan fingerprint density at radius 1 is 0.690 bits per heavy atom. The van der Waals surface area contributed by atoms with Crippen LogP contribution >= 0.6 is 0 Å². The number of hydrogen-bond acceptors (Lipinski definition) is 5. The van der Waals surface area contributed by atoms with E-state index < -0.39 is 24.4 Å². The topological polar surface area (TPSA) is 90.2 Å². The van der Waals surface area contributed by atoms with E-state index in [9.17, 15) is 20.4 Å². The summed E-state index contributed by atoms with van der Waals surface area (Å²) in [7, 11) is 0. The second-order valence-corrected chi connectivity index (χ2v) is 7.00. The van der Waals surface area contributed by atoms with E-state index >= 15 is 0 Å². The first kappa shape index (κ1) is 23.0. The third-order valence-corrected chi connectivity index (χ3v) is 4.81. The van der Waals surface area contributed by atoms with Gasteiger partial charge in [0.25, 0.3) is 0 Å². The van der Waals surface area contributed by atoms with Crippen LogP contribution in [0.2, 0.25) is 0 Å². The first-order chi connectivity index (χ1) is 14.0. The van der Waals surface area contributed by atoms with Crippen LogP contribution in [0, 0.1) is 0 Å². The average molecular weight is 398 g/mol. The Morgan fingerprint density at radius 3 is 1.31 bits per heavy atom. The van der Waals surface area contributed by atoms with Crippen molar-refractivity contribution in [2.45, 2.75) is 37.3 Å². The number of rotatable bonds is 12. The minimum absolute atomic E-state index is 0.195. The molecule has 0 saturated heterocycles. The van der Waals surface area contributed by atoms with Gasteiger partial charge in [0, 0.05) is 12.8 Å². The van der Waals surface area contributed by atoms with E-state index in [0.29, 0.717) is 0 Å². The molecule has 2 aromatic carbocycles. The lowest BCUT2D eigenvalue weighted by Gasteiger charge is -2.28. The van der Waals surface area contributed by atoms with Crippen LogP contribution < -0.4 is 0 Å². The first-order valence-electron chi connectivity index (χ1n) is 9.68. The lowest BCUT2D eigenvalue weighted by molar-refractivity contribution is -0.0684. The highest BCUT2D eigenvalue weighted by Crippen LogP contribution is 2.33. The van der Waals surface area contributed by atoms with Gasteiger partial charge in [0.2, 0.25) is 0 Å². The number of hydrogen-bond donors (Lipinski definition) is 4. The predicted octanol–water partition coefficient (Wildman–Crippen LogP) is 3.26. The van der Waals surface area contributed by atoms with Gasteiger partial charge in [-0.2, -0.15) is 0 Å². The van der Waals surface area contributed by atoms with Crippen LogP contribution in [0.3, 0.4) is 0 Å².